The van der Waals surface area contributed by atoms with Gasteiger partial charge in [-0.15, -0.1) is 0 Å². The molecule has 1 aliphatic rings. The van der Waals surface area contributed by atoms with Gasteiger partial charge in [-0.3, -0.25) is 0 Å². The van der Waals surface area contributed by atoms with Gasteiger partial charge in [0.1, 0.15) is 0 Å². The van der Waals surface area contributed by atoms with Crippen LogP contribution < -0.4 is 0 Å². The number of rotatable bonds is 5. The molecular formula is C51H36N2. The Balaban J connectivity index is 1.17. The van der Waals surface area contributed by atoms with Crippen LogP contribution in [0.1, 0.15) is 25.0 Å². The summed E-state index contributed by atoms with van der Waals surface area (Å²) >= 11 is 0. The van der Waals surface area contributed by atoms with Crippen LogP contribution in [0, 0.1) is 0 Å². The maximum absolute atomic E-state index is 5.27. The average molecular weight is 677 g/mol. The number of aromatic nitrogens is 2. The fourth-order valence-electron chi connectivity index (χ4n) is 8.41. The van der Waals surface area contributed by atoms with E-state index in [9.17, 15) is 0 Å². The zero-order valence-electron chi connectivity index (χ0n) is 29.7. The Morgan fingerprint density at radius 2 is 0.981 bits per heavy atom. The van der Waals surface area contributed by atoms with Crippen molar-refractivity contribution in [2.45, 2.75) is 19.3 Å². The third kappa shape index (κ3) is 5.18. The lowest BCUT2D eigenvalue weighted by atomic mass is 9.81. The number of hydrogen-bond acceptors (Lipinski definition) is 2. The van der Waals surface area contributed by atoms with Crippen molar-refractivity contribution in [3.63, 3.8) is 0 Å². The molecule has 0 bridgehead atoms. The predicted molar refractivity (Wildman–Crippen MR) is 222 cm³/mol. The number of hydrogen-bond donors (Lipinski definition) is 0. The number of nitrogens with zero attached hydrogens (tertiary/aromatic N) is 2. The molecule has 0 aliphatic heterocycles. The summed E-state index contributed by atoms with van der Waals surface area (Å²) in [6, 6.07) is 65.4. The van der Waals surface area contributed by atoms with Crippen molar-refractivity contribution in [3.8, 4) is 67.3 Å². The highest BCUT2D eigenvalue weighted by Crippen LogP contribution is 2.53. The van der Waals surface area contributed by atoms with E-state index < -0.39 is 0 Å². The molecule has 0 atom stereocenters. The molecule has 0 N–H and O–H groups in total. The minimum Gasteiger partial charge on any atom is -0.228 e. The topological polar surface area (TPSA) is 25.8 Å². The second-order valence-corrected chi connectivity index (χ2v) is 14.6. The van der Waals surface area contributed by atoms with Crippen molar-refractivity contribution in [3.05, 3.63) is 193 Å². The fourth-order valence-corrected chi connectivity index (χ4v) is 8.41. The molecule has 10 rings (SSSR count). The predicted octanol–water partition coefficient (Wildman–Crippen LogP) is 13.4. The summed E-state index contributed by atoms with van der Waals surface area (Å²) in [7, 11) is 0. The van der Waals surface area contributed by atoms with Crippen LogP contribution in [0.3, 0.4) is 0 Å². The highest BCUT2D eigenvalue weighted by molar-refractivity contribution is 6.04. The zero-order valence-corrected chi connectivity index (χ0v) is 29.7. The van der Waals surface area contributed by atoms with Gasteiger partial charge in [0.2, 0.25) is 0 Å². The number of benzene rings is 8. The molecule has 2 heteroatoms. The van der Waals surface area contributed by atoms with Gasteiger partial charge >= 0.3 is 0 Å². The monoisotopic (exact) mass is 676 g/mol. The van der Waals surface area contributed by atoms with E-state index in [0.29, 0.717) is 5.82 Å². The third-order valence-electron chi connectivity index (χ3n) is 11.1. The van der Waals surface area contributed by atoms with Crippen LogP contribution in [-0.2, 0) is 5.41 Å². The maximum Gasteiger partial charge on any atom is 0.160 e. The van der Waals surface area contributed by atoms with Gasteiger partial charge < -0.3 is 0 Å². The average Bonchev–Trinajstić information content (AvgIpc) is 3.45. The Morgan fingerprint density at radius 1 is 0.358 bits per heavy atom. The lowest BCUT2D eigenvalue weighted by Gasteiger charge is -2.22. The molecule has 8 aromatic carbocycles. The van der Waals surface area contributed by atoms with Crippen LogP contribution in [0.5, 0.6) is 0 Å². The summed E-state index contributed by atoms with van der Waals surface area (Å²) in [5.74, 6) is 0.707. The molecule has 1 aromatic heterocycles. The Labute approximate surface area is 310 Å². The molecule has 1 aliphatic carbocycles. The van der Waals surface area contributed by atoms with Crippen LogP contribution in [0.15, 0.2) is 182 Å². The fraction of sp³-hybridized carbons (Fsp3) is 0.0588. The van der Waals surface area contributed by atoms with Crippen LogP contribution in [0.4, 0.5) is 0 Å². The summed E-state index contributed by atoms with van der Waals surface area (Å²) < 4.78 is 0. The van der Waals surface area contributed by atoms with Crippen molar-refractivity contribution < 1.29 is 0 Å². The molecule has 0 spiro atoms. The van der Waals surface area contributed by atoms with Gasteiger partial charge in [-0.05, 0) is 90.3 Å². The minimum atomic E-state index is -0.106. The Bertz CT molecular complexity index is 2850. The van der Waals surface area contributed by atoms with Gasteiger partial charge in [0.15, 0.2) is 5.82 Å². The van der Waals surface area contributed by atoms with E-state index in [-0.39, 0.29) is 5.41 Å². The Kier molecular flexibility index (Phi) is 7.19. The zero-order chi connectivity index (χ0) is 35.5. The van der Waals surface area contributed by atoms with Crippen LogP contribution >= 0.6 is 0 Å². The summed E-state index contributed by atoms with van der Waals surface area (Å²) in [6.07, 6.45) is 0. The molecule has 2 nitrogen and oxygen atoms in total. The minimum absolute atomic E-state index is 0.106. The van der Waals surface area contributed by atoms with Gasteiger partial charge in [0, 0.05) is 22.1 Å². The SMILES string of the molecule is CC1(C)c2cc3ccccc3cc2-c2c(-c3cccc(-c4cc(-c5ccc6ccccc6c5-c5ccccc5)nc(-c5ccccc5)n4)c3)cccc21. The van der Waals surface area contributed by atoms with Crippen molar-refractivity contribution in [2.24, 2.45) is 0 Å². The molecule has 0 amide bonds. The van der Waals surface area contributed by atoms with Crippen molar-refractivity contribution in [1.29, 1.82) is 0 Å². The molecular weight excluding hydrogens is 641 g/mol. The molecule has 1 heterocycles. The molecule has 0 fully saturated rings. The van der Waals surface area contributed by atoms with E-state index >= 15 is 0 Å². The summed E-state index contributed by atoms with van der Waals surface area (Å²) in [4.78, 5) is 10.5. The molecule has 0 saturated carbocycles. The van der Waals surface area contributed by atoms with E-state index in [4.69, 9.17) is 9.97 Å². The Morgan fingerprint density at radius 3 is 1.77 bits per heavy atom. The highest BCUT2D eigenvalue weighted by atomic mass is 14.9. The largest absolute Gasteiger partial charge is 0.228 e. The van der Waals surface area contributed by atoms with E-state index in [2.05, 4.69) is 190 Å². The van der Waals surface area contributed by atoms with Crippen LogP contribution in [0.2, 0.25) is 0 Å². The van der Waals surface area contributed by atoms with Gasteiger partial charge in [0.05, 0.1) is 11.4 Å². The van der Waals surface area contributed by atoms with E-state index in [1.807, 2.05) is 6.07 Å². The van der Waals surface area contributed by atoms with E-state index in [1.165, 1.54) is 60.5 Å². The summed E-state index contributed by atoms with van der Waals surface area (Å²) in [6.45, 7) is 4.72. The van der Waals surface area contributed by atoms with E-state index in [0.717, 1.165) is 33.6 Å². The molecule has 0 saturated heterocycles. The molecule has 0 radical (unpaired) electrons. The van der Waals surface area contributed by atoms with Crippen LogP contribution in [-0.4, -0.2) is 9.97 Å². The molecule has 9 aromatic rings. The first-order chi connectivity index (χ1) is 26.0. The van der Waals surface area contributed by atoms with Crippen molar-refractivity contribution >= 4 is 21.5 Å². The van der Waals surface area contributed by atoms with Crippen molar-refractivity contribution in [2.75, 3.05) is 0 Å². The molecule has 250 valence electrons. The van der Waals surface area contributed by atoms with Gasteiger partial charge in [-0.25, -0.2) is 9.97 Å². The second-order valence-electron chi connectivity index (χ2n) is 14.6. The second kappa shape index (κ2) is 12.3. The summed E-state index contributed by atoms with van der Waals surface area (Å²) in [5, 5.41) is 4.96. The smallest absolute Gasteiger partial charge is 0.160 e. The highest BCUT2D eigenvalue weighted by Gasteiger charge is 2.37. The lowest BCUT2D eigenvalue weighted by Crippen LogP contribution is -2.14. The van der Waals surface area contributed by atoms with Gasteiger partial charge in [-0.2, -0.15) is 0 Å². The molecule has 0 unspecified atom stereocenters. The standard InChI is InChI=1S/C51H36N2/c1-51(2)44-26-14-25-41(49(44)43-30-36-20-9-10-21-37(36)31-45(43)51)38-22-13-23-39(29-38)46-32-47(53-50(52-46)35-18-7-4-8-19-35)42-28-27-33-15-11-12-24-40(33)48(42)34-16-5-3-6-17-34/h3-32H,1-2H3. The van der Waals surface area contributed by atoms with Crippen LogP contribution in [0.25, 0.3) is 88.8 Å². The van der Waals surface area contributed by atoms with Gasteiger partial charge in [0.25, 0.3) is 0 Å². The Hall–Kier alpha value is -6.64. The maximum atomic E-state index is 5.27. The summed E-state index contributed by atoms with van der Waals surface area (Å²) in [5.41, 5.74) is 15.0. The normalized spacial score (nSPS) is 12.9. The first-order valence-electron chi connectivity index (χ1n) is 18.3. The first kappa shape index (κ1) is 31.1. The van der Waals surface area contributed by atoms with E-state index in [1.54, 1.807) is 0 Å². The van der Waals surface area contributed by atoms with Crippen molar-refractivity contribution in [1.82, 2.24) is 9.97 Å². The van der Waals surface area contributed by atoms with Gasteiger partial charge in [-0.1, -0.05) is 172 Å². The quantitative estimate of drug-likeness (QED) is 0.181. The first-order valence-corrected chi connectivity index (χ1v) is 18.3. The number of fused-ring (bicyclic) bond motifs is 5. The molecule has 53 heavy (non-hydrogen) atoms. The lowest BCUT2D eigenvalue weighted by molar-refractivity contribution is 0.661. The third-order valence-corrected chi connectivity index (χ3v) is 11.1.